The lowest BCUT2D eigenvalue weighted by atomic mass is 10.0. The fourth-order valence-corrected chi connectivity index (χ4v) is 2.20. The van der Waals surface area contributed by atoms with Crippen molar-refractivity contribution in [1.29, 1.82) is 0 Å². The highest BCUT2D eigenvalue weighted by molar-refractivity contribution is 6.16. The molecule has 0 saturated carbocycles. The average molecular weight is 215 g/mol. The topological polar surface area (TPSA) is 27.1 Å². The number of hydrogen-bond acceptors (Lipinski definition) is 2. The SMILES string of the molecule is CC1CC(n2cncc2CCl)CCO1. The number of aromatic nitrogens is 2. The van der Waals surface area contributed by atoms with Crippen LogP contribution >= 0.6 is 11.6 Å². The van der Waals surface area contributed by atoms with E-state index in [2.05, 4.69) is 16.5 Å². The smallest absolute Gasteiger partial charge is 0.0951 e. The number of hydrogen-bond donors (Lipinski definition) is 0. The molecule has 0 radical (unpaired) electrons. The number of imidazole rings is 1. The van der Waals surface area contributed by atoms with Gasteiger partial charge in [-0.05, 0) is 19.8 Å². The first-order valence-electron chi connectivity index (χ1n) is 4.99. The maximum absolute atomic E-state index is 5.84. The van der Waals surface area contributed by atoms with Crippen LogP contribution in [-0.2, 0) is 10.6 Å². The van der Waals surface area contributed by atoms with Gasteiger partial charge in [0.1, 0.15) is 0 Å². The molecule has 1 aliphatic rings. The summed E-state index contributed by atoms with van der Waals surface area (Å²) in [6, 6.07) is 0.509. The molecule has 0 N–H and O–H groups in total. The van der Waals surface area contributed by atoms with Crippen molar-refractivity contribution in [3.8, 4) is 0 Å². The zero-order valence-electron chi connectivity index (χ0n) is 8.32. The summed E-state index contributed by atoms with van der Waals surface area (Å²) >= 11 is 5.84. The lowest BCUT2D eigenvalue weighted by Crippen LogP contribution is -2.25. The van der Waals surface area contributed by atoms with Crippen LogP contribution in [0.2, 0.25) is 0 Å². The average Bonchev–Trinajstić information content (AvgIpc) is 2.65. The van der Waals surface area contributed by atoms with Gasteiger partial charge in [0.25, 0.3) is 0 Å². The fraction of sp³-hybridized carbons (Fsp3) is 0.700. The van der Waals surface area contributed by atoms with E-state index >= 15 is 0 Å². The molecular weight excluding hydrogens is 200 g/mol. The molecule has 2 heterocycles. The fourth-order valence-electron chi connectivity index (χ4n) is 1.99. The second-order valence-electron chi connectivity index (χ2n) is 3.79. The molecule has 2 unspecified atom stereocenters. The minimum absolute atomic E-state index is 0.347. The Morgan fingerprint density at radius 2 is 2.57 bits per heavy atom. The Hall–Kier alpha value is -0.540. The van der Waals surface area contributed by atoms with Crippen molar-refractivity contribution in [3.05, 3.63) is 18.2 Å². The second-order valence-corrected chi connectivity index (χ2v) is 4.05. The van der Waals surface area contributed by atoms with E-state index in [1.165, 1.54) is 0 Å². The summed E-state index contributed by atoms with van der Waals surface area (Å²) in [5.41, 5.74) is 1.10. The van der Waals surface area contributed by atoms with Crippen LogP contribution in [0.15, 0.2) is 12.5 Å². The van der Waals surface area contributed by atoms with Crippen molar-refractivity contribution in [2.45, 2.75) is 37.8 Å². The zero-order valence-corrected chi connectivity index (χ0v) is 9.07. The molecule has 1 aliphatic heterocycles. The molecule has 4 heteroatoms. The summed E-state index contributed by atoms with van der Waals surface area (Å²) in [5.74, 6) is 0.533. The van der Waals surface area contributed by atoms with Crippen molar-refractivity contribution in [1.82, 2.24) is 9.55 Å². The van der Waals surface area contributed by atoms with Gasteiger partial charge in [-0.3, -0.25) is 0 Å². The molecular formula is C10H15ClN2O. The minimum atomic E-state index is 0.347. The Morgan fingerprint density at radius 3 is 3.29 bits per heavy atom. The minimum Gasteiger partial charge on any atom is -0.378 e. The van der Waals surface area contributed by atoms with Crippen LogP contribution in [0.3, 0.4) is 0 Å². The predicted octanol–water partition coefficient (Wildman–Crippen LogP) is 2.36. The van der Waals surface area contributed by atoms with Gasteiger partial charge in [-0.1, -0.05) is 0 Å². The Labute approximate surface area is 89.0 Å². The third-order valence-corrected chi connectivity index (χ3v) is 3.01. The molecule has 78 valence electrons. The first-order chi connectivity index (χ1) is 6.81. The van der Waals surface area contributed by atoms with Crippen molar-refractivity contribution in [3.63, 3.8) is 0 Å². The Balaban J connectivity index is 2.13. The molecule has 1 aromatic rings. The van der Waals surface area contributed by atoms with E-state index in [9.17, 15) is 0 Å². The largest absolute Gasteiger partial charge is 0.378 e. The van der Waals surface area contributed by atoms with E-state index in [4.69, 9.17) is 16.3 Å². The normalized spacial score (nSPS) is 27.9. The molecule has 0 spiro atoms. The summed E-state index contributed by atoms with van der Waals surface area (Å²) in [6.07, 6.45) is 6.18. The third-order valence-electron chi connectivity index (χ3n) is 2.73. The van der Waals surface area contributed by atoms with Gasteiger partial charge in [-0.2, -0.15) is 0 Å². The number of rotatable bonds is 2. The lowest BCUT2D eigenvalue weighted by molar-refractivity contribution is 0.00556. The first kappa shape index (κ1) is 9.99. The Morgan fingerprint density at radius 1 is 1.71 bits per heavy atom. The molecule has 1 aromatic heterocycles. The van der Waals surface area contributed by atoms with Gasteiger partial charge in [0.15, 0.2) is 0 Å². The van der Waals surface area contributed by atoms with Crippen LogP contribution < -0.4 is 0 Å². The van der Waals surface area contributed by atoms with E-state index in [0.29, 0.717) is 18.0 Å². The van der Waals surface area contributed by atoms with Crippen LogP contribution in [0.4, 0.5) is 0 Å². The maximum Gasteiger partial charge on any atom is 0.0951 e. The predicted molar refractivity (Wildman–Crippen MR) is 55.5 cm³/mol. The summed E-state index contributed by atoms with van der Waals surface area (Å²) in [5, 5.41) is 0. The van der Waals surface area contributed by atoms with Crippen LogP contribution in [0, 0.1) is 0 Å². The molecule has 0 aromatic carbocycles. The molecule has 0 aliphatic carbocycles. The number of nitrogens with zero attached hydrogens (tertiary/aromatic N) is 2. The molecule has 1 fully saturated rings. The van der Waals surface area contributed by atoms with E-state index in [1.54, 1.807) is 0 Å². The number of alkyl halides is 1. The molecule has 0 amide bonds. The lowest BCUT2D eigenvalue weighted by Gasteiger charge is -2.29. The Kier molecular flexibility index (Phi) is 3.08. The van der Waals surface area contributed by atoms with Crippen molar-refractivity contribution < 1.29 is 4.74 Å². The summed E-state index contributed by atoms with van der Waals surface area (Å²) in [6.45, 7) is 2.95. The Bertz CT molecular complexity index is 300. The number of ether oxygens (including phenoxy) is 1. The molecule has 1 saturated heterocycles. The van der Waals surface area contributed by atoms with Gasteiger partial charge in [-0.25, -0.2) is 4.98 Å². The highest BCUT2D eigenvalue weighted by atomic mass is 35.5. The molecule has 0 bridgehead atoms. The molecule has 14 heavy (non-hydrogen) atoms. The van der Waals surface area contributed by atoms with E-state index < -0.39 is 0 Å². The van der Waals surface area contributed by atoms with Crippen molar-refractivity contribution >= 4 is 11.6 Å². The van der Waals surface area contributed by atoms with Gasteiger partial charge in [0.2, 0.25) is 0 Å². The summed E-state index contributed by atoms with van der Waals surface area (Å²) < 4.78 is 7.70. The molecule has 2 atom stereocenters. The van der Waals surface area contributed by atoms with Crippen molar-refractivity contribution in [2.75, 3.05) is 6.61 Å². The molecule has 3 nitrogen and oxygen atoms in total. The van der Waals surface area contributed by atoms with Gasteiger partial charge >= 0.3 is 0 Å². The summed E-state index contributed by atoms with van der Waals surface area (Å²) in [4.78, 5) is 4.13. The van der Waals surface area contributed by atoms with E-state index in [-0.39, 0.29) is 0 Å². The molecule has 2 rings (SSSR count). The highest BCUT2D eigenvalue weighted by Crippen LogP contribution is 2.26. The first-order valence-corrected chi connectivity index (χ1v) is 5.53. The van der Waals surface area contributed by atoms with Gasteiger partial charge in [0.05, 0.1) is 24.0 Å². The highest BCUT2D eigenvalue weighted by Gasteiger charge is 2.21. The van der Waals surface area contributed by atoms with Gasteiger partial charge in [-0.15, -0.1) is 11.6 Å². The monoisotopic (exact) mass is 214 g/mol. The standard InChI is InChI=1S/C10H15ClN2O/c1-8-4-9(2-3-14-8)13-7-12-6-10(13)5-11/h6-9H,2-5H2,1H3. The maximum atomic E-state index is 5.84. The zero-order chi connectivity index (χ0) is 9.97. The van der Waals surface area contributed by atoms with Crippen LogP contribution in [0.1, 0.15) is 31.5 Å². The van der Waals surface area contributed by atoms with Crippen LogP contribution in [-0.4, -0.2) is 22.3 Å². The van der Waals surface area contributed by atoms with Gasteiger partial charge < -0.3 is 9.30 Å². The summed E-state index contributed by atoms with van der Waals surface area (Å²) in [7, 11) is 0. The van der Waals surface area contributed by atoms with Crippen molar-refractivity contribution in [2.24, 2.45) is 0 Å². The van der Waals surface area contributed by atoms with Crippen LogP contribution in [0.5, 0.6) is 0 Å². The third kappa shape index (κ3) is 1.93. The number of halogens is 1. The van der Waals surface area contributed by atoms with E-state index in [0.717, 1.165) is 25.1 Å². The quantitative estimate of drug-likeness (QED) is 0.707. The second kappa shape index (κ2) is 4.32. The van der Waals surface area contributed by atoms with Crippen LogP contribution in [0.25, 0.3) is 0 Å². The van der Waals surface area contributed by atoms with Gasteiger partial charge in [0, 0.05) is 18.8 Å². The van der Waals surface area contributed by atoms with E-state index in [1.807, 2.05) is 12.5 Å².